The van der Waals surface area contributed by atoms with Crippen LogP contribution in [0.3, 0.4) is 0 Å². The van der Waals surface area contributed by atoms with E-state index in [1.807, 2.05) is 19.9 Å². The van der Waals surface area contributed by atoms with Gasteiger partial charge in [-0.15, -0.1) is 0 Å². The maximum Gasteiger partial charge on any atom is 0.253 e. The number of rotatable bonds is 4. The van der Waals surface area contributed by atoms with Crippen molar-refractivity contribution >= 4 is 17.3 Å². The third kappa shape index (κ3) is 3.24. The summed E-state index contributed by atoms with van der Waals surface area (Å²) in [5, 5.41) is 2.79. The number of anilines is 2. The average molecular weight is 222 g/mol. The molecule has 1 rings (SSSR count). The Bertz CT molecular complexity index is 377. The summed E-state index contributed by atoms with van der Waals surface area (Å²) in [5.74, 6) is -0.157. The second-order valence-corrected chi connectivity index (χ2v) is 3.66. The largest absolute Gasteiger partial charge is 0.399 e. The molecule has 4 nitrogen and oxygen atoms in total. The summed E-state index contributed by atoms with van der Waals surface area (Å²) in [6, 6.07) is 5.42. The SMILES string of the molecule is CCOC(C)C(=O)Nc1cc(N)ccc1C. The zero-order valence-electron chi connectivity index (χ0n) is 9.91. The second kappa shape index (κ2) is 5.51. The summed E-state index contributed by atoms with van der Waals surface area (Å²) < 4.78 is 5.20. The first kappa shape index (κ1) is 12.5. The monoisotopic (exact) mass is 222 g/mol. The molecular formula is C12H18N2O2. The molecule has 0 heterocycles. The van der Waals surface area contributed by atoms with Crippen molar-refractivity contribution in [2.75, 3.05) is 17.7 Å². The highest BCUT2D eigenvalue weighted by Crippen LogP contribution is 2.18. The van der Waals surface area contributed by atoms with Crippen molar-refractivity contribution in [3.05, 3.63) is 23.8 Å². The summed E-state index contributed by atoms with van der Waals surface area (Å²) >= 11 is 0. The summed E-state index contributed by atoms with van der Waals surface area (Å²) in [6.45, 7) is 6.01. The Morgan fingerprint density at radius 3 is 2.88 bits per heavy atom. The molecule has 0 aliphatic heterocycles. The van der Waals surface area contributed by atoms with Crippen molar-refractivity contribution < 1.29 is 9.53 Å². The molecule has 0 aliphatic rings. The summed E-state index contributed by atoms with van der Waals surface area (Å²) in [6.07, 6.45) is -0.453. The lowest BCUT2D eigenvalue weighted by atomic mass is 10.2. The number of nitrogens with two attached hydrogens (primary N) is 1. The number of benzene rings is 1. The van der Waals surface area contributed by atoms with Crippen LogP contribution >= 0.6 is 0 Å². The van der Waals surface area contributed by atoms with Crippen molar-refractivity contribution in [2.45, 2.75) is 26.9 Å². The van der Waals surface area contributed by atoms with E-state index in [-0.39, 0.29) is 5.91 Å². The normalized spacial score (nSPS) is 12.2. The number of nitrogens with one attached hydrogen (secondary N) is 1. The van der Waals surface area contributed by atoms with Gasteiger partial charge in [0, 0.05) is 18.0 Å². The summed E-state index contributed by atoms with van der Waals surface area (Å²) in [5.41, 5.74) is 8.00. The summed E-state index contributed by atoms with van der Waals surface area (Å²) in [7, 11) is 0. The Balaban J connectivity index is 2.72. The minimum atomic E-state index is -0.453. The van der Waals surface area contributed by atoms with Gasteiger partial charge in [0.1, 0.15) is 6.10 Å². The first-order chi connectivity index (χ1) is 7.54. The van der Waals surface area contributed by atoms with Crippen LogP contribution in [0.2, 0.25) is 0 Å². The van der Waals surface area contributed by atoms with Crippen LogP contribution < -0.4 is 11.1 Å². The van der Waals surface area contributed by atoms with Crippen LogP contribution in [0, 0.1) is 6.92 Å². The van der Waals surface area contributed by atoms with Gasteiger partial charge < -0.3 is 15.8 Å². The average Bonchev–Trinajstić information content (AvgIpc) is 2.23. The van der Waals surface area contributed by atoms with Crippen LogP contribution in [0.15, 0.2) is 18.2 Å². The molecule has 3 N–H and O–H groups in total. The summed E-state index contributed by atoms with van der Waals surface area (Å²) in [4.78, 5) is 11.7. The second-order valence-electron chi connectivity index (χ2n) is 3.66. The molecule has 88 valence electrons. The molecule has 0 spiro atoms. The van der Waals surface area contributed by atoms with E-state index >= 15 is 0 Å². The number of aryl methyl sites for hydroxylation is 1. The molecule has 4 heteroatoms. The van der Waals surface area contributed by atoms with Gasteiger partial charge in [0.25, 0.3) is 5.91 Å². The fraction of sp³-hybridized carbons (Fsp3) is 0.417. The molecule has 1 amide bonds. The first-order valence-corrected chi connectivity index (χ1v) is 5.33. The molecular weight excluding hydrogens is 204 g/mol. The van der Waals surface area contributed by atoms with Crippen molar-refractivity contribution in [1.29, 1.82) is 0 Å². The van der Waals surface area contributed by atoms with Crippen molar-refractivity contribution in [2.24, 2.45) is 0 Å². The third-order valence-corrected chi connectivity index (χ3v) is 2.31. The van der Waals surface area contributed by atoms with E-state index in [4.69, 9.17) is 10.5 Å². The van der Waals surface area contributed by atoms with E-state index in [9.17, 15) is 4.79 Å². The highest BCUT2D eigenvalue weighted by atomic mass is 16.5. The number of carbonyl (C=O) groups excluding carboxylic acids is 1. The van der Waals surface area contributed by atoms with Crippen molar-refractivity contribution in [1.82, 2.24) is 0 Å². The van der Waals surface area contributed by atoms with E-state index in [0.29, 0.717) is 12.3 Å². The molecule has 0 radical (unpaired) electrons. The predicted molar refractivity (Wildman–Crippen MR) is 65.3 cm³/mol. The van der Waals surface area contributed by atoms with Crippen LogP contribution in [0.4, 0.5) is 11.4 Å². The van der Waals surface area contributed by atoms with Gasteiger partial charge >= 0.3 is 0 Å². The maximum absolute atomic E-state index is 11.7. The van der Waals surface area contributed by atoms with Crippen molar-refractivity contribution in [3.63, 3.8) is 0 Å². The van der Waals surface area contributed by atoms with Crippen molar-refractivity contribution in [3.8, 4) is 0 Å². The third-order valence-electron chi connectivity index (χ3n) is 2.31. The Labute approximate surface area is 95.8 Å². The van der Waals surface area contributed by atoms with Gasteiger partial charge in [-0.05, 0) is 38.5 Å². The number of ether oxygens (including phenoxy) is 1. The lowest BCUT2D eigenvalue weighted by Crippen LogP contribution is -2.28. The molecule has 1 aromatic rings. The molecule has 1 atom stereocenters. The molecule has 0 aliphatic carbocycles. The van der Waals surface area contributed by atoms with E-state index in [0.717, 1.165) is 11.3 Å². The van der Waals surface area contributed by atoms with E-state index in [1.54, 1.807) is 19.1 Å². The fourth-order valence-electron chi connectivity index (χ4n) is 1.33. The lowest BCUT2D eigenvalue weighted by molar-refractivity contribution is -0.126. The molecule has 0 aromatic heterocycles. The predicted octanol–water partition coefficient (Wildman–Crippen LogP) is 1.94. The molecule has 0 fully saturated rings. The molecule has 1 unspecified atom stereocenters. The highest BCUT2D eigenvalue weighted by molar-refractivity contribution is 5.95. The Kier molecular flexibility index (Phi) is 4.31. The van der Waals surface area contributed by atoms with Gasteiger partial charge in [0.2, 0.25) is 0 Å². The molecule has 0 saturated heterocycles. The minimum Gasteiger partial charge on any atom is -0.399 e. The van der Waals surface area contributed by atoms with E-state index in [2.05, 4.69) is 5.32 Å². The lowest BCUT2D eigenvalue weighted by Gasteiger charge is -2.13. The standard InChI is InChI=1S/C12H18N2O2/c1-4-16-9(3)12(15)14-11-7-10(13)6-5-8(11)2/h5-7,9H,4,13H2,1-3H3,(H,14,15). The van der Waals surface area contributed by atoms with E-state index in [1.165, 1.54) is 0 Å². The number of nitrogen functional groups attached to an aromatic ring is 1. The van der Waals surface area contributed by atoms with Crippen LogP contribution in [0.25, 0.3) is 0 Å². The highest BCUT2D eigenvalue weighted by Gasteiger charge is 2.13. The van der Waals surface area contributed by atoms with Gasteiger partial charge in [-0.2, -0.15) is 0 Å². The molecule has 0 saturated carbocycles. The molecule has 1 aromatic carbocycles. The zero-order chi connectivity index (χ0) is 12.1. The van der Waals surface area contributed by atoms with Crippen LogP contribution in [0.1, 0.15) is 19.4 Å². The quantitative estimate of drug-likeness (QED) is 0.765. The zero-order valence-corrected chi connectivity index (χ0v) is 9.91. The van der Waals surface area contributed by atoms with Gasteiger partial charge in [-0.1, -0.05) is 6.07 Å². The Morgan fingerprint density at radius 2 is 2.25 bits per heavy atom. The van der Waals surface area contributed by atoms with Crippen LogP contribution in [-0.4, -0.2) is 18.6 Å². The van der Waals surface area contributed by atoms with Crippen LogP contribution in [0.5, 0.6) is 0 Å². The number of amides is 1. The van der Waals surface area contributed by atoms with Crippen LogP contribution in [-0.2, 0) is 9.53 Å². The van der Waals surface area contributed by atoms with Gasteiger partial charge in [-0.25, -0.2) is 0 Å². The van der Waals surface area contributed by atoms with Gasteiger partial charge in [0.05, 0.1) is 0 Å². The fourth-order valence-corrected chi connectivity index (χ4v) is 1.33. The number of carbonyl (C=O) groups is 1. The van der Waals surface area contributed by atoms with E-state index < -0.39 is 6.10 Å². The van der Waals surface area contributed by atoms with Gasteiger partial charge in [0.15, 0.2) is 0 Å². The molecule has 16 heavy (non-hydrogen) atoms. The first-order valence-electron chi connectivity index (χ1n) is 5.33. The maximum atomic E-state index is 11.7. The molecule has 0 bridgehead atoms. The smallest absolute Gasteiger partial charge is 0.253 e. The van der Waals surface area contributed by atoms with Gasteiger partial charge in [-0.3, -0.25) is 4.79 Å². The number of hydrogen-bond acceptors (Lipinski definition) is 3. The Morgan fingerprint density at radius 1 is 1.56 bits per heavy atom. The minimum absolute atomic E-state index is 0.157. The Hall–Kier alpha value is -1.55. The number of hydrogen-bond donors (Lipinski definition) is 2. The topological polar surface area (TPSA) is 64.3 Å².